The molecule has 1 fully saturated rings. The largest absolute Gasteiger partial charge is 0.481 e. The molecule has 0 aromatic heterocycles. The van der Waals surface area contributed by atoms with Crippen LogP contribution in [-0.2, 0) is 4.79 Å². The summed E-state index contributed by atoms with van der Waals surface area (Å²) in [6, 6.07) is 0. The van der Waals surface area contributed by atoms with Gasteiger partial charge in [-0.3, -0.25) is 4.79 Å². The van der Waals surface area contributed by atoms with Crippen molar-refractivity contribution in [1.29, 1.82) is 0 Å². The summed E-state index contributed by atoms with van der Waals surface area (Å²) in [5.41, 5.74) is 0. The number of carboxylic acid groups (broad SMARTS) is 1. The van der Waals surface area contributed by atoms with Crippen LogP contribution in [0.3, 0.4) is 0 Å². The molecule has 0 aromatic carbocycles. The second-order valence-electron chi connectivity index (χ2n) is 7.62. The van der Waals surface area contributed by atoms with Crippen LogP contribution in [0.5, 0.6) is 0 Å². The molecule has 1 aliphatic carbocycles. The average molecular weight is 367 g/mol. The third-order valence-electron chi connectivity index (χ3n) is 5.36. The molecule has 150 valence electrons. The first-order valence-electron chi connectivity index (χ1n) is 10.5. The van der Waals surface area contributed by atoms with Crippen molar-refractivity contribution in [3.8, 4) is 0 Å². The summed E-state index contributed by atoms with van der Waals surface area (Å²) in [5.74, 6) is -0.221. The van der Waals surface area contributed by atoms with E-state index >= 15 is 0 Å². The summed E-state index contributed by atoms with van der Waals surface area (Å²) >= 11 is 0. The number of carboxylic acids is 1. The molecule has 4 atom stereocenters. The smallest absolute Gasteiger partial charge is 0.303 e. The Balaban J connectivity index is 2.30. The number of allylic oxidation sites excluding steroid dienone is 3. The van der Waals surface area contributed by atoms with Crippen LogP contribution in [0, 0.1) is 11.8 Å². The molecular weight excluding hydrogens is 328 g/mol. The Morgan fingerprint density at radius 2 is 1.88 bits per heavy atom. The van der Waals surface area contributed by atoms with E-state index in [0.717, 1.165) is 38.5 Å². The van der Waals surface area contributed by atoms with Gasteiger partial charge < -0.3 is 15.3 Å². The van der Waals surface area contributed by atoms with Crippen molar-refractivity contribution in [2.45, 2.75) is 96.2 Å². The Hall–Kier alpha value is -1.13. The van der Waals surface area contributed by atoms with Crippen molar-refractivity contribution in [2.75, 3.05) is 0 Å². The molecule has 4 unspecified atom stereocenters. The second-order valence-corrected chi connectivity index (χ2v) is 7.62. The fraction of sp³-hybridized carbons (Fsp3) is 0.773. The van der Waals surface area contributed by atoms with E-state index < -0.39 is 5.97 Å². The predicted octanol–water partition coefficient (Wildman–Crippen LogP) is 4.85. The van der Waals surface area contributed by atoms with Gasteiger partial charge in [-0.25, -0.2) is 0 Å². The van der Waals surface area contributed by atoms with Crippen LogP contribution >= 0.6 is 0 Å². The Labute approximate surface area is 159 Å². The lowest BCUT2D eigenvalue weighted by Crippen LogP contribution is -2.17. The average Bonchev–Trinajstić information content (AvgIpc) is 2.95. The number of hydrogen-bond acceptors (Lipinski definition) is 3. The standard InChI is InChI=1S/C22H38O4/c1-2-3-4-5-8-11-19(23)16-14-18-15-17-21(24)20(18)12-9-6-7-10-13-22(25)26/h6,9,14,16,18-21,23-24H,2-5,7-8,10-13,15,17H2,1H3,(H,25,26). The lowest BCUT2D eigenvalue weighted by Gasteiger charge is -2.18. The van der Waals surface area contributed by atoms with Crippen molar-refractivity contribution in [2.24, 2.45) is 11.8 Å². The normalized spacial score (nSPS) is 24.7. The maximum Gasteiger partial charge on any atom is 0.303 e. The number of hydrogen-bond donors (Lipinski definition) is 3. The summed E-state index contributed by atoms with van der Waals surface area (Å²) in [6.45, 7) is 2.20. The zero-order valence-electron chi connectivity index (χ0n) is 16.4. The lowest BCUT2D eigenvalue weighted by atomic mass is 9.90. The van der Waals surface area contributed by atoms with Gasteiger partial charge in [0.1, 0.15) is 0 Å². The van der Waals surface area contributed by atoms with Crippen LogP contribution in [0.4, 0.5) is 0 Å². The van der Waals surface area contributed by atoms with Crippen molar-refractivity contribution in [3.05, 3.63) is 24.3 Å². The number of unbranched alkanes of at least 4 members (excludes halogenated alkanes) is 5. The Morgan fingerprint density at radius 1 is 1.12 bits per heavy atom. The van der Waals surface area contributed by atoms with Gasteiger partial charge in [0.25, 0.3) is 0 Å². The van der Waals surface area contributed by atoms with Gasteiger partial charge in [-0.05, 0) is 50.4 Å². The number of aliphatic hydroxyl groups excluding tert-OH is 2. The van der Waals surface area contributed by atoms with E-state index in [0.29, 0.717) is 12.3 Å². The van der Waals surface area contributed by atoms with E-state index in [9.17, 15) is 15.0 Å². The zero-order valence-corrected chi connectivity index (χ0v) is 16.4. The summed E-state index contributed by atoms with van der Waals surface area (Å²) in [5, 5.41) is 29.0. The van der Waals surface area contributed by atoms with Crippen molar-refractivity contribution < 1.29 is 20.1 Å². The molecule has 0 amide bonds. The molecular formula is C22H38O4. The monoisotopic (exact) mass is 366 g/mol. The molecule has 0 heterocycles. The minimum absolute atomic E-state index is 0.206. The number of rotatable bonds is 14. The maximum atomic E-state index is 10.5. The fourth-order valence-electron chi connectivity index (χ4n) is 3.71. The molecule has 4 nitrogen and oxygen atoms in total. The lowest BCUT2D eigenvalue weighted by molar-refractivity contribution is -0.137. The molecule has 1 saturated carbocycles. The van der Waals surface area contributed by atoms with Gasteiger partial charge in [0.2, 0.25) is 0 Å². The minimum atomic E-state index is -0.751. The fourth-order valence-corrected chi connectivity index (χ4v) is 3.71. The Kier molecular flexibility index (Phi) is 12.3. The van der Waals surface area contributed by atoms with E-state index in [4.69, 9.17) is 5.11 Å². The van der Waals surface area contributed by atoms with Gasteiger partial charge in [-0.2, -0.15) is 0 Å². The molecule has 0 saturated heterocycles. The van der Waals surface area contributed by atoms with Crippen LogP contribution < -0.4 is 0 Å². The first-order valence-corrected chi connectivity index (χ1v) is 10.5. The highest BCUT2D eigenvalue weighted by molar-refractivity contribution is 5.66. The first kappa shape index (κ1) is 22.9. The summed E-state index contributed by atoms with van der Waals surface area (Å²) < 4.78 is 0. The van der Waals surface area contributed by atoms with E-state index in [1.807, 2.05) is 12.2 Å². The highest BCUT2D eigenvalue weighted by Gasteiger charge is 2.32. The summed E-state index contributed by atoms with van der Waals surface area (Å²) in [4.78, 5) is 10.5. The second kappa shape index (κ2) is 14.0. The molecule has 0 aromatic rings. The van der Waals surface area contributed by atoms with Gasteiger partial charge >= 0.3 is 5.97 Å². The highest BCUT2D eigenvalue weighted by Crippen LogP contribution is 2.36. The molecule has 0 radical (unpaired) electrons. The quantitative estimate of drug-likeness (QED) is 0.303. The summed E-state index contributed by atoms with van der Waals surface area (Å²) in [7, 11) is 0. The van der Waals surface area contributed by atoms with Gasteiger partial charge in [-0.15, -0.1) is 0 Å². The third-order valence-corrected chi connectivity index (χ3v) is 5.36. The summed E-state index contributed by atoms with van der Waals surface area (Å²) in [6.07, 6.45) is 18.6. The van der Waals surface area contributed by atoms with E-state index in [1.165, 1.54) is 25.7 Å². The van der Waals surface area contributed by atoms with Crippen molar-refractivity contribution in [1.82, 2.24) is 0 Å². The Bertz CT molecular complexity index is 430. The van der Waals surface area contributed by atoms with Crippen LogP contribution in [0.1, 0.15) is 84.0 Å². The molecule has 0 bridgehead atoms. The number of aliphatic carboxylic acids is 1. The molecule has 3 N–H and O–H groups in total. The van der Waals surface area contributed by atoms with Gasteiger partial charge in [0, 0.05) is 6.42 Å². The maximum absolute atomic E-state index is 10.5. The van der Waals surface area contributed by atoms with Crippen molar-refractivity contribution in [3.63, 3.8) is 0 Å². The predicted molar refractivity (Wildman–Crippen MR) is 106 cm³/mol. The molecule has 0 aliphatic heterocycles. The third kappa shape index (κ3) is 10.1. The van der Waals surface area contributed by atoms with Crippen LogP contribution in [-0.4, -0.2) is 33.5 Å². The van der Waals surface area contributed by atoms with Crippen LogP contribution in [0.2, 0.25) is 0 Å². The zero-order chi connectivity index (χ0) is 19.2. The van der Waals surface area contributed by atoms with E-state index in [2.05, 4.69) is 19.1 Å². The number of aliphatic hydroxyl groups is 2. The van der Waals surface area contributed by atoms with E-state index in [-0.39, 0.29) is 24.5 Å². The van der Waals surface area contributed by atoms with Crippen LogP contribution in [0.15, 0.2) is 24.3 Å². The first-order chi connectivity index (χ1) is 12.5. The van der Waals surface area contributed by atoms with Gasteiger partial charge in [0.05, 0.1) is 12.2 Å². The molecule has 26 heavy (non-hydrogen) atoms. The van der Waals surface area contributed by atoms with Gasteiger partial charge in [0.15, 0.2) is 0 Å². The molecule has 4 heteroatoms. The molecule has 0 spiro atoms. The Morgan fingerprint density at radius 3 is 2.62 bits per heavy atom. The topological polar surface area (TPSA) is 77.8 Å². The van der Waals surface area contributed by atoms with Crippen molar-refractivity contribution >= 4 is 5.97 Å². The SMILES string of the molecule is CCCCCCCC(O)C=CC1CCC(O)C1CC=CCCCC(=O)O. The molecule has 1 aliphatic rings. The highest BCUT2D eigenvalue weighted by atomic mass is 16.4. The van der Waals surface area contributed by atoms with Gasteiger partial charge in [-0.1, -0.05) is 63.3 Å². The molecule has 1 rings (SSSR count). The van der Waals surface area contributed by atoms with Crippen LogP contribution in [0.25, 0.3) is 0 Å². The van der Waals surface area contributed by atoms with E-state index in [1.54, 1.807) is 0 Å². The number of carbonyl (C=O) groups is 1. The minimum Gasteiger partial charge on any atom is -0.481 e.